The number of aliphatic carboxylic acids is 1. The van der Waals surface area contributed by atoms with Gasteiger partial charge in [-0.3, -0.25) is 10.1 Å². The average Bonchev–Trinajstić information content (AvgIpc) is 2.58. The maximum absolute atomic E-state index is 11.0. The molecule has 1 aliphatic carbocycles. The van der Waals surface area contributed by atoms with Crippen LogP contribution in [0.5, 0.6) is 0 Å². The van der Waals surface area contributed by atoms with Gasteiger partial charge >= 0.3 is 11.0 Å². The van der Waals surface area contributed by atoms with Crippen LogP contribution in [0.3, 0.4) is 0 Å². The standard InChI is InChI=1S/C8H9N3O4S/c12-6(13)8(2-1-3-8)10-7-9-4-5(16-7)11(14)15/h4H,1-3H2,(H,9,10)(H,12,13). The Morgan fingerprint density at radius 1 is 1.69 bits per heavy atom. The van der Waals surface area contributed by atoms with Gasteiger partial charge in [-0.15, -0.1) is 0 Å². The van der Waals surface area contributed by atoms with Crippen molar-refractivity contribution in [1.82, 2.24) is 4.98 Å². The third kappa shape index (κ3) is 1.71. The number of aromatic nitrogens is 1. The quantitative estimate of drug-likeness (QED) is 0.612. The largest absolute Gasteiger partial charge is 0.480 e. The third-order valence-electron chi connectivity index (χ3n) is 2.64. The lowest BCUT2D eigenvalue weighted by Gasteiger charge is -2.37. The molecular weight excluding hydrogens is 234 g/mol. The van der Waals surface area contributed by atoms with E-state index >= 15 is 0 Å². The molecule has 0 saturated heterocycles. The molecule has 1 saturated carbocycles. The van der Waals surface area contributed by atoms with Crippen LogP contribution in [0.4, 0.5) is 10.1 Å². The molecule has 0 radical (unpaired) electrons. The van der Waals surface area contributed by atoms with Crippen molar-refractivity contribution in [2.45, 2.75) is 24.8 Å². The first kappa shape index (κ1) is 10.8. The SMILES string of the molecule is O=C(O)C1(Nc2ncc([N+](=O)[O-])s2)CCC1. The Morgan fingerprint density at radius 3 is 2.75 bits per heavy atom. The van der Waals surface area contributed by atoms with Gasteiger partial charge in [0.2, 0.25) is 0 Å². The predicted molar refractivity (Wildman–Crippen MR) is 56.6 cm³/mol. The maximum atomic E-state index is 11.0. The first-order valence-corrected chi connectivity index (χ1v) is 5.47. The molecule has 86 valence electrons. The van der Waals surface area contributed by atoms with Crippen molar-refractivity contribution in [3.63, 3.8) is 0 Å². The molecule has 0 aliphatic heterocycles. The summed E-state index contributed by atoms with van der Waals surface area (Å²) in [5, 5.41) is 22.4. The van der Waals surface area contributed by atoms with E-state index in [2.05, 4.69) is 10.3 Å². The Balaban J connectivity index is 2.13. The summed E-state index contributed by atoms with van der Waals surface area (Å²) in [7, 11) is 0. The van der Waals surface area contributed by atoms with Crippen LogP contribution in [-0.4, -0.2) is 26.5 Å². The topological polar surface area (TPSA) is 105 Å². The second-order valence-electron chi connectivity index (χ2n) is 3.63. The lowest BCUT2D eigenvalue weighted by molar-refractivity contribution is -0.380. The molecule has 0 spiro atoms. The molecule has 0 aromatic carbocycles. The van der Waals surface area contributed by atoms with E-state index in [1.165, 1.54) is 0 Å². The van der Waals surface area contributed by atoms with E-state index in [1.807, 2.05) is 0 Å². The molecule has 0 bridgehead atoms. The molecule has 1 heterocycles. The van der Waals surface area contributed by atoms with Gasteiger partial charge in [0.25, 0.3) is 0 Å². The smallest absolute Gasteiger partial charge is 0.345 e. The second-order valence-corrected chi connectivity index (χ2v) is 4.64. The fourth-order valence-electron chi connectivity index (χ4n) is 1.54. The van der Waals surface area contributed by atoms with Crippen molar-refractivity contribution in [2.24, 2.45) is 0 Å². The highest BCUT2D eigenvalue weighted by molar-refractivity contribution is 7.18. The summed E-state index contributed by atoms with van der Waals surface area (Å²) in [6.07, 6.45) is 3.01. The normalized spacial score (nSPS) is 17.5. The summed E-state index contributed by atoms with van der Waals surface area (Å²) in [6.45, 7) is 0. The van der Waals surface area contributed by atoms with Gasteiger partial charge in [-0.05, 0) is 30.6 Å². The van der Waals surface area contributed by atoms with E-state index in [0.29, 0.717) is 12.8 Å². The Hall–Kier alpha value is -1.70. The molecule has 2 rings (SSSR count). The molecule has 1 aromatic rings. The van der Waals surface area contributed by atoms with Crippen molar-refractivity contribution in [3.05, 3.63) is 16.3 Å². The molecule has 0 atom stereocenters. The van der Waals surface area contributed by atoms with Gasteiger partial charge in [0.15, 0.2) is 5.13 Å². The highest BCUT2D eigenvalue weighted by Crippen LogP contribution is 2.37. The predicted octanol–water partition coefficient (Wildman–Crippen LogP) is 1.47. The van der Waals surface area contributed by atoms with Crippen LogP contribution in [0.25, 0.3) is 0 Å². The number of nitrogens with zero attached hydrogens (tertiary/aromatic N) is 2. The average molecular weight is 243 g/mol. The lowest BCUT2D eigenvalue weighted by Crippen LogP contribution is -2.52. The number of hydrogen-bond acceptors (Lipinski definition) is 6. The Bertz CT molecular complexity index is 440. The van der Waals surface area contributed by atoms with Crippen LogP contribution in [0.15, 0.2) is 6.20 Å². The van der Waals surface area contributed by atoms with E-state index in [1.54, 1.807) is 0 Å². The van der Waals surface area contributed by atoms with Crippen molar-refractivity contribution < 1.29 is 14.8 Å². The van der Waals surface area contributed by atoms with Crippen molar-refractivity contribution >= 4 is 27.4 Å². The summed E-state index contributed by atoms with van der Waals surface area (Å²) in [5.74, 6) is -0.934. The summed E-state index contributed by atoms with van der Waals surface area (Å²) in [6, 6.07) is 0. The van der Waals surface area contributed by atoms with Crippen LogP contribution >= 0.6 is 11.3 Å². The highest BCUT2D eigenvalue weighted by Gasteiger charge is 2.45. The van der Waals surface area contributed by atoms with E-state index in [0.717, 1.165) is 24.0 Å². The maximum Gasteiger partial charge on any atom is 0.345 e. The van der Waals surface area contributed by atoms with Gasteiger partial charge < -0.3 is 10.4 Å². The zero-order valence-corrected chi connectivity index (χ0v) is 8.99. The van der Waals surface area contributed by atoms with Gasteiger partial charge in [-0.25, -0.2) is 9.78 Å². The number of carbonyl (C=O) groups is 1. The molecule has 2 N–H and O–H groups in total. The van der Waals surface area contributed by atoms with Crippen LogP contribution in [0, 0.1) is 10.1 Å². The number of nitro groups is 1. The molecular formula is C8H9N3O4S. The van der Waals surface area contributed by atoms with Crippen molar-refractivity contribution in [1.29, 1.82) is 0 Å². The fourth-order valence-corrected chi connectivity index (χ4v) is 2.27. The molecule has 1 fully saturated rings. The van der Waals surface area contributed by atoms with Crippen molar-refractivity contribution in [2.75, 3.05) is 5.32 Å². The minimum atomic E-state index is -0.980. The number of rotatable bonds is 4. The monoisotopic (exact) mass is 243 g/mol. The zero-order valence-electron chi connectivity index (χ0n) is 8.17. The van der Waals surface area contributed by atoms with E-state index in [4.69, 9.17) is 5.11 Å². The first-order chi connectivity index (χ1) is 7.53. The number of carboxylic acid groups (broad SMARTS) is 1. The molecule has 0 unspecified atom stereocenters. The summed E-state index contributed by atoms with van der Waals surface area (Å²) < 4.78 is 0. The Morgan fingerprint density at radius 2 is 2.38 bits per heavy atom. The van der Waals surface area contributed by atoms with Gasteiger partial charge in [0.05, 0.1) is 4.92 Å². The lowest BCUT2D eigenvalue weighted by atomic mass is 9.77. The minimum Gasteiger partial charge on any atom is -0.480 e. The number of thiazole rings is 1. The fraction of sp³-hybridized carbons (Fsp3) is 0.500. The minimum absolute atomic E-state index is 0.0950. The molecule has 8 heteroatoms. The Labute approximate surface area is 94.3 Å². The van der Waals surface area contributed by atoms with Crippen LogP contribution < -0.4 is 5.32 Å². The highest BCUT2D eigenvalue weighted by atomic mass is 32.1. The van der Waals surface area contributed by atoms with Crippen LogP contribution in [-0.2, 0) is 4.79 Å². The van der Waals surface area contributed by atoms with Crippen molar-refractivity contribution in [3.8, 4) is 0 Å². The first-order valence-electron chi connectivity index (χ1n) is 4.65. The zero-order chi connectivity index (χ0) is 11.8. The number of anilines is 1. The number of carboxylic acids is 1. The van der Waals surface area contributed by atoms with E-state index < -0.39 is 16.4 Å². The third-order valence-corrected chi connectivity index (χ3v) is 3.50. The molecule has 1 aromatic heterocycles. The molecule has 7 nitrogen and oxygen atoms in total. The van der Waals surface area contributed by atoms with E-state index in [-0.39, 0.29) is 10.1 Å². The van der Waals surface area contributed by atoms with Gasteiger partial charge in [-0.2, -0.15) is 0 Å². The van der Waals surface area contributed by atoms with E-state index in [9.17, 15) is 14.9 Å². The number of hydrogen-bond donors (Lipinski definition) is 2. The van der Waals surface area contributed by atoms with Gasteiger partial charge in [-0.1, -0.05) is 0 Å². The molecule has 16 heavy (non-hydrogen) atoms. The summed E-state index contributed by atoms with van der Waals surface area (Å²) >= 11 is 0.850. The van der Waals surface area contributed by atoms with Crippen LogP contribution in [0.1, 0.15) is 19.3 Å². The van der Waals surface area contributed by atoms with Gasteiger partial charge in [0.1, 0.15) is 11.7 Å². The van der Waals surface area contributed by atoms with Crippen LogP contribution in [0.2, 0.25) is 0 Å². The second kappa shape index (κ2) is 3.71. The summed E-state index contributed by atoms with van der Waals surface area (Å²) in [5.41, 5.74) is -0.980. The van der Waals surface area contributed by atoms with Gasteiger partial charge in [0, 0.05) is 0 Å². The Kier molecular flexibility index (Phi) is 2.50. The molecule has 0 amide bonds. The number of nitrogens with one attached hydrogen (secondary N) is 1. The summed E-state index contributed by atoms with van der Waals surface area (Å²) in [4.78, 5) is 24.7. The molecule has 1 aliphatic rings.